The molecule has 24 heavy (non-hydrogen) atoms. The molecule has 0 unspecified atom stereocenters. The first-order valence-electron chi connectivity index (χ1n) is 7.60. The van der Waals surface area contributed by atoms with Crippen LogP contribution in [-0.4, -0.2) is 21.4 Å². The van der Waals surface area contributed by atoms with Gasteiger partial charge in [0.1, 0.15) is 0 Å². The normalized spacial score (nSPS) is 12.5. The summed E-state index contributed by atoms with van der Waals surface area (Å²) in [5.74, 6) is 0. The van der Waals surface area contributed by atoms with Gasteiger partial charge in [-0.25, -0.2) is 4.74 Å². The average molecular weight is 324 g/mol. The van der Waals surface area contributed by atoms with E-state index in [1.807, 2.05) is 57.2 Å². The van der Waals surface area contributed by atoms with Crippen LogP contribution in [0.4, 0.5) is 5.69 Å². The number of nitrogens with zero attached hydrogens (tertiary/aromatic N) is 2. The van der Waals surface area contributed by atoms with Crippen molar-refractivity contribution >= 4 is 24.1 Å². The number of rotatable bonds is 4. The van der Waals surface area contributed by atoms with Crippen molar-refractivity contribution in [2.45, 2.75) is 26.3 Å². The van der Waals surface area contributed by atoms with Crippen molar-refractivity contribution < 1.29 is 9.66 Å². The molecule has 0 aliphatic heterocycles. The molecule has 2 aromatic rings. The zero-order valence-corrected chi connectivity index (χ0v) is 14.0. The van der Waals surface area contributed by atoms with E-state index in [1.54, 1.807) is 18.3 Å². The maximum Gasteiger partial charge on any atom is 0.269 e. The summed E-state index contributed by atoms with van der Waals surface area (Å²) in [5, 5.41) is 22.5. The summed E-state index contributed by atoms with van der Waals surface area (Å²) in [5.41, 5.74) is 2.32. The highest BCUT2D eigenvalue weighted by molar-refractivity contribution is 5.77. The van der Waals surface area contributed by atoms with E-state index in [-0.39, 0.29) is 5.69 Å². The van der Waals surface area contributed by atoms with Gasteiger partial charge in [-0.3, -0.25) is 10.1 Å². The minimum atomic E-state index is -0.464. The highest BCUT2D eigenvalue weighted by atomic mass is 16.6. The van der Waals surface area contributed by atoms with Gasteiger partial charge in [0.2, 0.25) is 0 Å². The Labute approximate surface area is 141 Å². The molecule has 0 N–H and O–H groups in total. The molecule has 0 saturated heterocycles. The number of non-ortho nitro benzene ring substituents is 1. The van der Waals surface area contributed by atoms with E-state index in [1.165, 1.54) is 12.1 Å². The molecule has 0 aromatic heterocycles. The first kappa shape index (κ1) is 17.4. The monoisotopic (exact) mass is 324 g/mol. The van der Waals surface area contributed by atoms with Crippen LogP contribution in [0, 0.1) is 15.3 Å². The van der Waals surface area contributed by atoms with Gasteiger partial charge in [0.15, 0.2) is 11.8 Å². The van der Waals surface area contributed by atoms with E-state index >= 15 is 0 Å². The van der Waals surface area contributed by atoms with Gasteiger partial charge in [-0.05, 0) is 35.4 Å². The van der Waals surface area contributed by atoms with Crippen LogP contribution >= 0.6 is 0 Å². The Morgan fingerprint density at radius 1 is 0.792 bits per heavy atom. The lowest BCUT2D eigenvalue weighted by atomic mass is 10.1. The number of benzene rings is 2. The minimum Gasteiger partial charge on any atom is -0.623 e. The number of nitro groups is 1. The third kappa shape index (κ3) is 4.78. The van der Waals surface area contributed by atoms with Gasteiger partial charge in [0, 0.05) is 38.5 Å². The Morgan fingerprint density at radius 3 is 1.62 bits per heavy atom. The van der Waals surface area contributed by atoms with Gasteiger partial charge in [-0.2, -0.15) is 0 Å². The largest absolute Gasteiger partial charge is 0.623 e. The summed E-state index contributed by atoms with van der Waals surface area (Å²) in [6.45, 7) is 5.58. The van der Waals surface area contributed by atoms with Crippen LogP contribution in [0.2, 0.25) is 0 Å². The minimum absolute atomic E-state index is 0.0769. The molecule has 0 fully saturated rings. The van der Waals surface area contributed by atoms with Gasteiger partial charge in [-0.1, -0.05) is 24.3 Å². The summed E-state index contributed by atoms with van der Waals surface area (Å²) in [6, 6.07) is 14.0. The van der Waals surface area contributed by atoms with E-state index in [9.17, 15) is 15.3 Å². The van der Waals surface area contributed by atoms with Gasteiger partial charge >= 0.3 is 0 Å². The van der Waals surface area contributed by atoms with Crippen molar-refractivity contribution in [2.24, 2.45) is 0 Å². The van der Waals surface area contributed by atoms with Crippen molar-refractivity contribution in [3.05, 3.63) is 80.5 Å². The molecule has 0 amide bonds. The average Bonchev–Trinajstić information content (AvgIpc) is 2.53. The van der Waals surface area contributed by atoms with Crippen LogP contribution in [0.1, 0.15) is 37.5 Å². The third-order valence-electron chi connectivity index (χ3n) is 3.44. The first-order valence-corrected chi connectivity index (χ1v) is 7.60. The van der Waals surface area contributed by atoms with E-state index in [0.29, 0.717) is 0 Å². The fraction of sp³-hybridized carbons (Fsp3) is 0.211. The van der Waals surface area contributed by atoms with Gasteiger partial charge in [0.25, 0.3) is 5.69 Å². The molecule has 0 saturated carbocycles. The summed E-state index contributed by atoms with van der Waals surface area (Å²) < 4.78 is 0.939. The maximum absolute atomic E-state index is 11.9. The Hall–Kier alpha value is -2.95. The van der Waals surface area contributed by atoms with Crippen LogP contribution in [0.3, 0.4) is 0 Å². The summed E-state index contributed by atoms with van der Waals surface area (Å²) in [6.07, 6.45) is 5.38. The number of hydrogen-bond donors (Lipinski definition) is 0. The maximum atomic E-state index is 11.9. The smallest absolute Gasteiger partial charge is 0.269 e. The predicted molar refractivity (Wildman–Crippen MR) is 97.0 cm³/mol. The van der Waals surface area contributed by atoms with Crippen molar-refractivity contribution in [3.8, 4) is 0 Å². The fourth-order valence-electron chi connectivity index (χ4n) is 1.92. The van der Waals surface area contributed by atoms with Crippen LogP contribution in [0.25, 0.3) is 12.2 Å². The predicted octanol–water partition coefficient (Wildman–Crippen LogP) is 4.49. The Bertz CT molecular complexity index is 768. The van der Waals surface area contributed by atoms with Crippen molar-refractivity contribution in [1.82, 2.24) is 0 Å². The lowest BCUT2D eigenvalue weighted by molar-refractivity contribution is -0.530. The second kappa shape index (κ2) is 7.08. The molecular formula is C19H20N2O3. The Balaban J connectivity index is 2.10. The topological polar surface area (TPSA) is 69.2 Å². The van der Waals surface area contributed by atoms with Crippen LogP contribution in [0.5, 0.6) is 0 Å². The summed E-state index contributed by atoms with van der Waals surface area (Å²) in [4.78, 5) is 10.2. The highest BCUT2D eigenvalue weighted by Crippen LogP contribution is 2.15. The molecule has 124 valence electrons. The molecule has 5 heteroatoms. The van der Waals surface area contributed by atoms with E-state index in [4.69, 9.17) is 0 Å². The summed E-state index contributed by atoms with van der Waals surface area (Å²) >= 11 is 0. The molecule has 0 aliphatic rings. The molecule has 0 radical (unpaired) electrons. The lowest BCUT2D eigenvalue weighted by Gasteiger charge is -2.18. The molecule has 5 nitrogen and oxygen atoms in total. The Kier molecular flexibility index (Phi) is 5.14. The van der Waals surface area contributed by atoms with Gasteiger partial charge in [0.05, 0.1) is 4.92 Å². The SMILES string of the molecule is CC(C)(C)/[N+]([O-])=C/c1ccc(/C=C/c2ccc([N+](=O)[O-])cc2)cc1. The molecule has 2 aromatic carbocycles. The quantitative estimate of drug-likeness (QED) is 0.208. The molecule has 2 rings (SSSR count). The molecule has 0 aliphatic carbocycles. The van der Waals surface area contributed by atoms with E-state index in [2.05, 4.69) is 0 Å². The lowest BCUT2D eigenvalue weighted by Crippen LogP contribution is -2.29. The Morgan fingerprint density at radius 2 is 1.21 bits per heavy atom. The van der Waals surface area contributed by atoms with Crippen LogP contribution in [-0.2, 0) is 0 Å². The number of hydroxylamine groups is 1. The van der Waals surface area contributed by atoms with Crippen molar-refractivity contribution in [1.29, 1.82) is 0 Å². The van der Waals surface area contributed by atoms with Crippen molar-refractivity contribution in [3.63, 3.8) is 0 Å². The number of hydrogen-bond acceptors (Lipinski definition) is 3. The first-order chi connectivity index (χ1) is 11.3. The van der Waals surface area contributed by atoms with Crippen LogP contribution < -0.4 is 0 Å². The van der Waals surface area contributed by atoms with E-state index in [0.717, 1.165) is 21.4 Å². The second-order valence-electron chi connectivity index (χ2n) is 6.47. The molecule has 0 heterocycles. The standard InChI is InChI=1S/C19H20N2O3/c1-19(2,3)20(22)14-17-8-6-15(7-9-17)4-5-16-10-12-18(13-11-16)21(23)24/h4-14H,1-3H3/b5-4+,20-14-. The van der Waals surface area contributed by atoms with E-state index < -0.39 is 10.5 Å². The highest BCUT2D eigenvalue weighted by Gasteiger charge is 2.17. The zero-order valence-electron chi connectivity index (χ0n) is 14.0. The zero-order chi connectivity index (χ0) is 17.7. The van der Waals surface area contributed by atoms with Crippen LogP contribution in [0.15, 0.2) is 48.5 Å². The third-order valence-corrected chi connectivity index (χ3v) is 3.44. The fourth-order valence-corrected chi connectivity index (χ4v) is 1.92. The van der Waals surface area contributed by atoms with Gasteiger partial charge in [-0.15, -0.1) is 0 Å². The van der Waals surface area contributed by atoms with Crippen molar-refractivity contribution in [2.75, 3.05) is 0 Å². The molecule has 0 atom stereocenters. The van der Waals surface area contributed by atoms with Gasteiger partial charge < -0.3 is 5.21 Å². The molecule has 0 spiro atoms. The molecule has 0 bridgehead atoms. The summed E-state index contributed by atoms with van der Waals surface area (Å²) in [7, 11) is 0. The molecular weight excluding hydrogens is 304 g/mol. The number of nitro benzene ring substituents is 1. The second-order valence-corrected chi connectivity index (χ2v) is 6.47.